The molecule has 3 atom stereocenters. The summed E-state index contributed by atoms with van der Waals surface area (Å²) in [5, 5.41) is 0.977. The predicted molar refractivity (Wildman–Crippen MR) is 55.3 cm³/mol. The Morgan fingerprint density at radius 1 is 1.64 bits per heavy atom. The summed E-state index contributed by atoms with van der Waals surface area (Å²) in [4.78, 5) is 0. The smallest absolute Gasteiger partial charge is 0.0628 e. The van der Waals surface area contributed by atoms with E-state index in [1.807, 2.05) is 0 Å². The van der Waals surface area contributed by atoms with Crippen LogP contribution in [-0.4, -0.2) is 9.65 Å². The number of alkyl halides is 2. The molecular formula is C9H10Br2. The van der Waals surface area contributed by atoms with Crippen LogP contribution in [0.15, 0.2) is 24.3 Å². The number of halogens is 2. The molecule has 0 aliphatic heterocycles. The Morgan fingerprint density at radius 3 is 2.73 bits per heavy atom. The first-order valence-electron chi connectivity index (χ1n) is 3.81. The van der Waals surface area contributed by atoms with Crippen molar-refractivity contribution in [2.24, 2.45) is 11.8 Å². The maximum Gasteiger partial charge on any atom is 0.0628 e. The van der Waals surface area contributed by atoms with E-state index in [1.165, 1.54) is 12.0 Å². The molecule has 0 heterocycles. The van der Waals surface area contributed by atoms with Crippen molar-refractivity contribution in [2.75, 3.05) is 5.33 Å². The lowest BCUT2D eigenvalue weighted by atomic mass is 9.91. The summed E-state index contributed by atoms with van der Waals surface area (Å²) in [6, 6.07) is 0. The van der Waals surface area contributed by atoms with E-state index >= 15 is 0 Å². The molecule has 0 unspecified atom stereocenters. The molecule has 60 valence electrons. The lowest BCUT2D eigenvalue weighted by Gasteiger charge is -2.28. The molecule has 2 bridgehead atoms. The molecule has 0 amide bonds. The highest BCUT2D eigenvalue weighted by atomic mass is 79.9. The van der Waals surface area contributed by atoms with Crippen LogP contribution in [0.2, 0.25) is 0 Å². The molecule has 2 aliphatic carbocycles. The Labute approximate surface area is 84.0 Å². The van der Waals surface area contributed by atoms with Crippen LogP contribution >= 0.6 is 31.9 Å². The van der Waals surface area contributed by atoms with Crippen molar-refractivity contribution in [3.8, 4) is 0 Å². The maximum absolute atomic E-state index is 4.13. The summed E-state index contributed by atoms with van der Waals surface area (Å²) < 4.78 is 0.159. The van der Waals surface area contributed by atoms with E-state index < -0.39 is 0 Å². The van der Waals surface area contributed by atoms with Crippen molar-refractivity contribution in [2.45, 2.75) is 10.7 Å². The normalized spacial score (nSPS) is 47.3. The zero-order valence-electron chi connectivity index (χ0n) is 6.19. The van der Waals surface area contributed by atoms with Gasteiger partial charge in [0.1, 0.15) is 0 Å². The van der Waals surface area contributed by atoms with Crippen LogP contribution in [-0.2, 0) is 0 Å². The number of hydrogen-bond acceptors (Lipinski definition) is 0. The van der Waals surface area contributed by atoms with E-state index in [4.69, 9.17) is 0 Å². The number of fused-ring (bicyclic) bond motifs is 2. The minimum atomic E-state index is 0.159. The highest BCUT2D eigenvalue weighted by molar-refractivity contribution is 9.12. The molecule has 0 aromatic heterocycles. The average molecular weight is 278 g/mol. The van der Waals surface area contributed by atoms with E-state index in [0.717, 1.165) is 5.33 Å². The molecule has 1 saturated carbocycles. The van der Waals surface area contributed by atoms with Gasteiger partial charge in [0, 0.05) is 5.33 Å². The number of rotatable bonds is 1. The Bertz CT molecular complexity index is 232. The molecule has 0 spiro atoms. The zero-order valence-corrected chi connectivity index (χ0v) is 9.36. The zero-order chi connectivity index (χ0) is 8.06. The highest BCUT2D eigenvalue weighted by Gasteiger charge is 2.48. The van der Waals surface area contributed by atoms with E-state index in [2.05, 4.69) is 50.6 Å². The van der Waals surface area contributed by atoms with Crippen LogP contribution in [0.4, 0.5) is 0 Å². The molecule has 0 nitrogen and oxygen atoms in total. The molecule has 0 aromatic rings. The summed E-state index contributed by atoms with van der Waals surface area (Å²) in [5.41, 5.74) is 1.35. The Kier molecular flexibility index (Phi) is 1.80. The lowest BCUT2D eigenvalue weighted by molar-refractivity contribution is 0.619. The molecule has 0 saturated heterocycles. The summed E-state index contributed by atoms with van der Waals surface area (Å²) in [6.07, 6.45) is 5.86. The van der Waals surface area contributed by atoms with Gasteiger partial charge in [-0.15, -0.1) is 0 Å². The lowest BCUT2D eigenvalue weighted by Crippen LogP contribution is -2.29. The van der Waals surface area contributed by atoms with Gasteiger partial charge in [0.05, 0.1) is 4.32 Å². The minimum absolute atomic E-state index is 0.159. The molecule has 11 heavy (non-hydrogen) atoms. The molecule has 1 fully saturated rings. The van der Waals surface area contributed by atoms with Gasteiger partial charge in [0.15, 0.2) is 0 Å². The number of hydrogen-bond donors (Lipinski definition) is 0. The van der Waals surface area contributed by atoms with Gasteiger partial charge in [0.25, 0.3) is 0 Å². The minimum Gasteiger partial charge on any atom is -0.0978 e. The van der Waals surface area contributed by atoms with Crippen molar-refractivity contribution >= 4 is 31.9 Å². The Balaban J connectivity index is 2.38. The van der Waals surface area contributed by atoms with E-state index in [1.54, 1.807) is 0 Å². The standard InChI is InChI=1S/C9H10Br2/c1-6-7-2-3-8(4-7)9(6,11)5-10/h2-3,7-8H,1,4-5H2/t7-,8+,9+/m0/s1. The predicted octanol–water partition coefficient (Wildman–Crippen LogP) is 3.28. The van der Waals surface area contributed by atoms with Crippen LogP contribution in [0, 0.1) is 11.8 Å². The second-order valence-electron chi connectivity index (χ2n) is 3.35. The van der Waals surface area contributed by atoms with Crippen LogP contribution in [0.1, 0.15) is 6.42 Å². The summed E-state index contributed by atoms with van der Waals surface area (Å²) >= 11 is 7.30. The highest BCUT2D eigenvalue weighted by Crippen LogP contribution is 2.54. The maximum atomic E-state index is 4.13. The third-order valence-corrected chi connectivity index (χ3v) is 5.86. The first kappa shape index (κ1) is 8.06. The fraction of sp³-hybridized carbons (Fsp3) is 0.556. The topological polar surface area (TPSA) is 0 Å². The molecule has 0 radical (unpaired) electrons. The quantitative estimate of drug-likeness (QED) is 0.510. The van der Waals surface area contributed by atoms with Gasteiger partial charge in [0.2, 0.25) is 0 Å². The third-order valence-electron chi connectivity index (χ3n) is 2.85. The van der Waals surface area contributed by atoms with E-state index in [0.29, 0.717) is 11.8 Å². The molecule has 2 heteroatoms. The summed E-state index contributed by atoms with van der Waals surface area (Å²) in [7, 11) is 0. The SMILES string of the molecule is C=C1[C@H]2C=C[C@H](C2)[C@@]1(Br)CBr. The van der Waals surface area contributed by atoms with Crippen LogP contribution < -0.4 is 0 Å². The van der Waals surface area contributed by atoms with Crippen molar-refractivity contribution in [1.29, 1.82) is 0 Å². The molecular weight excluding hydrogens is 268 g/mol. The fourth-order valence-corrected chi connectivity index (χ4v) is 3.44. The van der Waals surface area contributed by atoms with Gasteiger partial charge in [-0.05, 0) is 18.3 Å². The summed E-state index contributed by atoms with van der Waals surface area (Å²) in [6.45, 7) is 4.13. The monoisotopic (exact) mass is 276 g/mol. The molecule has 2 aliphatic rings. The first-order valence-corrected chi connectivity index (χ1v) is 5.72. The van der Waals surface area contributed by atoms with Crippen LogP contribution in [0.5, 0.6) is 0 Å². The molecule has 2 rings (SSSR count). The molecule has 0 aromatic carbocycles. The van der Waals surface area contributed by atoms with Gasteiger partial charge < -0.3 is 0 Å². The van der Waals surface area contributed by atoms with Crippen LogP contribution in [0.25, 0.3) is 0 Å². The van der Waals surface area contributed by atoms with Gasteiger partial charge in [-0.25, -0.2) is 0 Å². The van der Waals surface area contributed by atoms with Gasteiger partial charge in [-0.2, -0.15) is 0 Å². The largest absolute Gasteiger partial charge is 0.0978 e. The molecule has 0 N–H and O–H groups in total. The second kappa shape index (κ2) is 2.46. The Hall–Kier alpha value is 0.440. The van der Waals surface area contributed by atoms with Crippen molar-refractivity contribution < 1.29 is 0 Å². The fourth-order valence-electron chi connectivity index (χ4n) is 2.03. The summed E-state index contributed by atoms with van der Waals surface area (Å²) in [5.74, 6) is 1.30. The Morgan fingerprint density at radius 2 is 2.36 bits per heavy atom. The van der Waals surface area contributed by atoms with Crippen molar-refractivity contribution in [3.63, 3.8) is 0 Å². The van der Waals surface area contributed by atoms with Gasteiger partial charge >= 0.3 is 0 Å². The number of allylic oxidation sites excluding steroid dienone is 3. The van der Waals surface area contributed by atoms with Gasteiger partial charge in [-0.3, -0.25) is 0 Å². The average Bonchev–Trinajstić information content (AvgIpc) is 2.56. The van der Waals surface area contributed by atoms with Crippen molar-refractivity contribution in [1.82, 2.24) is 0 Å². The van der Waals surface area contributed by atoms with Gasteiger partial charge in [-0.1, -0.05) is 56.2 Å². The van der Waals surface area contributed by atoms with Crippen molar-refractivity contribution in [3.05, 3.63) is 24.3 Å². The van der Waals surface area contributed by atoms with Crippen LogP contribution in [0.3, 0.4) is 0 Å². The first-order chi connectivity index (χ1) is 5.18. The second-order valence-corrected chi connectivity index (χ2v) is 5.33. The third kappa shape index (κ3) is 0.919. The van der Waals surface area contributed by atoms with E-state index in [-0.39, 0.29) is 4.32 Å². The van der Waals surface area contributed by atoms with E-state index in [9.17, 15) is 0 Å².